The molecule has 4 rings (SSSR count). The van der Waals surface area contributed by atoms with E-state index in [0.717, 1.165) is 65.2 Å². The molecule has 32 heavy (non-hydrogen) atoms. The summed E-state index contributed by atoms with van der Waals surface area (Å²) in [6.07, 6.45) is 5.13. The van der Waals surface area contributed by atoms with E-state index < -0.39 is 12.1 Å². The molecule has 3 aliphatic rings. The first kappa shape index (κ1) is 24.9. The van der Waals surface area contributed by atoms with Crippen LogP contribution in [0.3, 0.4) is 0 Å². The Morgan fingerprint density at radius 2 is 1.94 bits per heavy atom. The lowest BCUT2D eigenvalue weighted by Crippen LogP contribution is -2.43. The third kappa shape index (κ3) is 7.68. The third-order valence-electron chi connectivity index (χ3n) is 6.10. The van der Waals surface area contributed by atoms with E-state index in [1.165, 1.54) is 12.0 Å². The number of pyridine rings is 1. The van der Waals surface area contributed by atoms with Crippen molar-refractivity contribution in [2.45, 2.75) is 63.1 Å². The summed E-state index contributed by atoms with van der Waals surface area (Å²) in [5, 5.41) is 7.12. The van der Waals surface area contributed by atoms with E-state index in [0.29, 0.717) is 18.1 Å². The Hall–Kier alpha value is -1.75. The quantitative estimate of drug-likeness (QED) is 0.698. The largest absolute Gasteiger partial charge is 0.490 e. The molecule has 0 unspecified atom stereocenters. The number of hydrogen-bond donors (Lipinski definition) is 1. The first-order valence-electron chi connectivity index (χ1n) is 11.1. The summed E-state index contributed by atoms with van der Waals surface area (Å²) < 4.78 is 49.5. The summed E-state index contributed by atoms with van der Waals surface area (Å²) >= 11 is 0. The SMILES string of the molecule is O=C(O)C(F)(F)F.c1cncc(CN2CC[C@H]3O[C@@H](COCC4CCOCC4)CC[C@H]32)c1. The molecule has 1 aromatic heterocycles. The first-order chi connectivity index (χ1) is 15.3. The van der Waals surface area contributed by atoms with Crippen LogP contribution >= 0.6 is 0 Å². The van der Waals surface area contributed by atoms with Gasteiger partial charge in [-0.2, -0.15) is 13.2 Å². The highest BCUT2D eigenvalue weighted by molar-refractivity contribution is 5.73. The number of ether oxygens (including phenoxy) is 3. The average molecular weight is 460 g/mol. The molecule has 0 bridgehead atoms. The minimum Gasteiger partial charge on any atom is -0.475 e. The number of rotatable bonds is 6. The van der Waals surface area contributed by atoms with Crippen molar-refractivity contribution in [1.29, 1.82) is 0 Å². The zero-order valence-electron chi connectivity index (χ0n) is 18.0. The monoisotopic (exact) mass is 460 g/mol. The molecule has 0 aliphatic carbocycles. The molecule has 1 aromatic rings. The highest BCUT2D eigenvalue weighted by atomic mass is 19.4. The number of hydrogen-bond acceptors (Lipinski definition) is 6. The van der Waals surface area contributed by atoms with E-state index in [1.807, 2.05) is 18.5 Å². The summed E-state index contributed by atoms with van der Waals surface area (Å²) in [4.78, 5) is 15.7. The highest BCUT2D eigenvalue weighted by Gasteiger charge is 2.40. The normalized spacial score (nSPS) is 26.8. The highest BCUT2D eigenvalue weighted by Crippen LogP contribution is 2.32. The van der Waals surface area contributed by atoms with E-state index in [2.05, 4.69) is 16.0 Å². The van der Waals surface area contributed by atoms with Gasteiger partial charge in [0.2, 0.25) is 0 Å². The van der Waals surface area contributed by atoms with Gasteiger partial charge in [0.05, 0.1) is 18.8 Å². The van der Waals surface area contributed by atoms with Crippen LogP contribution in [0, 0.1) is 5.92 Å². The Kier molecular flexibility index (Phi) is 9.27. The minimum absolute atomic E-state index is 0.277. The number of carboxylic acid groups (broad SMARTS) is 1. The van der Waals surface area contributed by atoms with Crippen molar-refractivity contribution in [2.75, 3.05) is 33.0 Å². The lowest BCUT2D eigenvalue weighted by atomic mass is 9.99. The summed E-state index contributed by atoms with van der Waals surface area (Å²) in [5.41, 5.74) is 1.30. The molecule has 0 spiro atoms. The van der Waals surface area contributed by atoms with Gasteiger partial charge in [0, 0.05) is 51.3 Å². The van der Waals surface area contributed by atoms with Crippen molar-refractivity contribution < 1.29 is 37.3 Å². The summed E-state index contributed by atoms with van der Waals surface area (Å²) in [6.45, 7) is 5.52. The molecule has 4 heterocycles. The van der Waals surface area contributed by atoms with Gasteiger partial charge in [-0.15, -0.1) is 0 Å². The molecule has 180 valence electrons. The molecule has 0 amide bonds. The molecule has 3 fully saturated rings. The van der Waals surface area contributed by atoms with Crippen molar-refractivity contribution >= 4 is 5.97 Å². The van der Waals surface area contributed by atoms with Gasteiger partial charge >= 0.3 is 12.1 Å². The maximum atomic E-state index is 10.6. The zero-order valence-corrected chi connectivity index (χ0v) is 18.0. The Morgan fingerprint density at radius 3 is 2.59 bits per heavy atom. The molecular formula is C22H31F3N2O5. The second-order valence-electron chi connectivity index (χ2n) is 8.46. The average Bonchev–Trinajstić information content (AvgIpc) is 3.17. The van der Waals surface area contributed by atoms with Gasteiger partial charge in [0.1, 0.15) is 0 Å². The number of nitrogens with zero attached hydrogens (tertiary/aromatic N) is 2. The zero-order chi connectivity index (χ0) is 23.0. The number of aliphatic carboxylic acids is 1. The Bertz CT molecular complexity index is 701. The van der Waals surface area contributed by atoms with Gasteiger partial charge in [-0.25, -0.2) is 4.79 Å². The van der Waals surface area contributed by atoms with Gasteiger partial charge in [-0.05, 0) is 49.7 Å². The number of carbonyl (C=O) groups is 1. The number of aromatic nitrogens is 1. The van der Waals surface area contributed by atoms with Crippen LogP contribution in [0.15, 0.2) is 24.5 Å². The second-order valence-corrected chi connectivity index (χ2v) is 8.46. The molecule has 3 atom stereocenters. The van der Waals surface area contributed by atoms with Gasteiger partial charge in [0.25, 0.3) is 0 Å². The molecule has 3 aliphatic heterocycles. The fourth-order valence-corrected chi connectivity index (χ4v) is 4.41. The van der Waals surface area contributed by atoms with Crippen molar-refractivity contribution in [2.24, 2.45) is 5.92 Å². The van der Waals surface area contributed by atoms with E-state index in [-0.39, 0.29) is 6.10 Å². The van der Waals surface area contributed by atoms with Crippen molar-refractivity contribution in [3.8, 4) is 0 Å². The summed E-state index contributed by atoms with van der Waals surface area (Å²) in [7, 11) is 0. The van der Waals surface area contributed by atoms with Gasteiger partial charge in [-0.3, -0.25) is 9.88 Å². The predicted molar refractivity (Wildman–Crippen MR) is 109 cm³/mol. The second kappa shape index (κ2) is 11.9. The number of likely N-dealkylation sites (tertiary alicyclic amines) is 1. The first-order valence-corrected chi connectivity index (χ1v) is 11.1. The van der Waals surface area contributed by atoms with Crippen LogP contribution in [0.25, 0.3) is 0 Å². The number of alkyl halides is 3. The lowest BCUT2D eigenvalue weighted by molar-refractivity contribution is -0.192. The topological polar surface area (TPSA) is 81.1 Å². The summed E-state index contributed by atoms with van der Waals surface area (Å²) in [5.74, 6) is -2.08. The van der Waals surface area contributed by atoms with Gasteiger partial charge < -0.3 is 19.3 Å². The Balaban J connectivity index is 0.000000360. The number of halogens is 3. The van der Waals surface area contributed by atoms with Crippen LogP contribution in [0.4, 0.5) is 13.2 Å². The van der Waals surface area contributed by atoms with Crippen LogP contribution in [0.2, 0.25) is 0 Å². The van der Waals surface area contributed by atoms with Crippen molar-refractivity contribution in [3.63, 3.8) is 0 Å². The van der Waals surface area contributed by atoms with Crippen molar-refractivity contribution in [1.82, 2.24) is 9.88 Å². The minimum atomic E-state index is -5.08. The molecule has 1 N–H and O–H groups in total. The van der Waals surface area contributed by atoms with Crippen LogP contribution in [0.1, 0.15) is 37.7 Å². The smallest absolute Gasteiger partial charge is 0.475 e. The molecule has 3 saturated heterocycles. The molecule has 10 heteroatoms. The number of carboxylic acids is 1. The van der Waals surface area contributed by atoms with Gasteiger partial charge in [0.15, 0.2) is 0 Å². The van der Waals surface area contributed by atoms with Crippen LogP contribution in [0.5, 0.6) is 0 Å². The third-order valence-corrected chi connectivity index (χ3v) is 6.10. The fraction of sp³-hybridized carbons (Fsp3) is 0.727. The van der Waals surface area contributed by atoms with E-state index in [4.69, 9.17) is 24.1 Å². The number of fused-ring (bicyclic) bond motifs is 1. The van der Waals surface area contributed by atoms with E-state index >= 15 is 0 Å². The summed E-state index contributed by atoms with van der Waals surface area (Å²) in [6, 6.07) is 4.75. The molecule has 0 aromatic carbocycles. The van der Waals surface area contributed by atoms with Crippen LogP contribution < -0.4 is 0 Å². The maximum absolute atomic E-state index is 10.6. The molecular weight excluding hydrogens is 429 g/mol. The fourth-order valence-electron chi connectivity index (χ4n) is 4.41. The standard InChI is InChI=1S/C20H30N2O3.C2HF3O2/c1-2-17(12-21-8-1)13-22-9-5-20-19(22)4-3-18(25-20)15-24-14-16-6-10-23-11-7-16;3-2(4,5)1(6)7/h1-2,8,12,16,18-20H,3-7,9-11,13-15H2;(H,6,7)/t18-,19-,20-;/m1./s1. The molecule has 0 radical (unpaired) electrons. The Morgan fingerprint density at radius 1 is 1.19 bits per heavy atom. The van der Waals surface area contributed by atoms with Crippen LogP contribution in [-0.2, 0) is 25.5 Å². The Labute approximate surface area is 185 Å². The van der Waals surface area contributed by atoms with Gasteiger partial charge in [-0.1, -0.05) is 6.07 Å². The predicted octanol–water partition coefficient (Wildman–Crippen LogP) is 3.28. The van der Waals surface area contributed by atoms with Crippen molar-refractivity contribution in [3.05, 3.63) is 30.1 Å². The van der Waals surface area contributed by atoms with E-state index in [9.17, 15) is 13.2 Å². The molecule has 7 nitrogen and oxygen atoms in total. The molecule has 0 saturated carbocycles. The maximum Gasteiger partial charge on any atom is 0.490 e. The van der Waals surface area contributed by atoms with Crippen LogP contribution in [-0.4, -0.2) is 78.4 Å². The lowest BCUT2D eigenvalue weighted by Gasteiger charge is -2.36. The van der Waals surface area contributed by atoms with E-state index in [1.54, 1.807) is 0 Å².